The van der Waals surface area contributed by atoms with E-state index in [1.165, 1.54) is 17.7 Å². The van der Waals surface area contributed by atoms with Gasteiger partial charge in [-0.3, -0.25) is 5.10 Å². The lowest BCUT2D eigenvalue weighted by molar-refractivity contribution is 0.497. The number of nitrogens with one attached hydrogen (secondary N) is 2. The predicted molar refractivity (Wildman–Crippen MR) is 115 cm³/mol. The molecule has 0 spiro atoms. The number of rotatable bonds is 5. The highest BCUT2D eigenvalue weighted by Gasteiger charge is 2.30. The van der Waals surface area contributed by atoms with E-state index in [2.05, 4.69) is 30.4 Å². The average Bonchev–Trinajstić information content (AvgIpc) is 3.14. The Labute approximate surface area is 177 Å². The highest BCUT2D eigenvalue weighted by atomic mass is 32.1. The topological polar surface area (TPSA) is 95.8 Å². The molecular formula is C21H21N7OS. The first-order valence-corrected chi connectivity index (χ1v) is 11.0. The first-order chi connectivity index (χ1) is 14.7. The Bertz CT molecular complexity index is 1210. The molecule has 2 N–H and O–H groups in total. The fraction of sp³-hybridized carbons (Fsp3) is 0.333. The van der Waals surface area contributed by atoms with E-state index in [4.69, 9.17) is 9.40 Å². The van der Waals surface area contributed by atoms with Gasteiger partial charge in [0.25, 0.3) is 0 Å². The Balaban J connectivity index is 1.27. The summed E-state index contributed by atoms with van der Waals surface area (Å²) < 4.78 is 5.67. The summed E-state index contributed by atoms with van der Waals surface area (Å²) >= 11 is 1.68. The van der Waals surface area contributed by atoms with Crippen molar-refractivity contribution in [1.29, 1.82) is 0 Å². The fourth-order valence-corrected chi connectivity index (χ4v) is 4.79. The Morgan fingerprint density at radius 1 is 1.27 bits per heavy atom. The summed E-state index contributed by atoms with van der Waals surface area (Å²) in [6, 6.07) is 5.93. The van der Waals surface area contributed by atoms with Crippen molar-refractivity contribution in [2.24, 2.45) is 0 Å². The minimum atomic E-state index is 0.524. The van der Waals surface area contributed by atoms with Gasteiger partial charge in [-0.05, 0) is 31.9 Å². The van der Waals surface area contributed by atoms with Crippen LogP contribution < -0.4 is 10.2 Å². The van der Waals surface area contributed by atoms with Crippen molar-refractivity contribution in [3.8, 4) is 11.3 Å². The van der Waals surface area contributed by atoms with E-state index in [-0.39, 0.29) is 0 Å². The third kappa shape index (κ3) is 3.24. The van der Waals surface area contributed by atoms with Gasteiger partial charge in [0, 0.05) is 29.5 Å². The zero-order chi connectivity index (χ0) is 20.1. The van der Waals surface area contributed by atoms with Gasteiger partial charge in [-0.1, -0.05) is 6.07 Å². The van der Waals surface area contributed by atoms with Crippen molar-refractivity contribution in [1.82, 2.24) is 25.1 Å². The Kier molecular flexibility index (Phi) is 4.08. The Hall–Kier alpha value is -3.20. The van der Waals surface area contributed by atoms with Crippen LogP contribution in [0.3, 0.4) is 0 Å². The molecule has 2 aliphatic rings. The second-order valence-corrected chi connectivity index (χ2v) is 8.92. The van der Waals surface area contributed by atoms with E-state index in [0.29, 0.717) is 12.5 Å². The van der Waals surface area contributed by atoms with Crippen LogP contribution in [0, 0.1) is 6.92 Å². The Morgan fingerprint density at radius 3 is 3.07 bits per heavy atom. The van der Waals surface area contributed by atoms with E-state index in [9.17, 15) is 0 Å². The number of pyridine rings is 1. The minimum absolute atomic E-state index is 0.524. The second-order valence-electron chi connectivity index (χ2n) is 7.84. The molecule has 0 saturated heterocycles. The van der Waals surface area contributed by atoms with Gasteiger partial charge in [0.1, 0.15) is 17.9 Å². The van der Waals surface area contributed by atoms with Crippen LogP contribution in [0.1, 0.15) is 40.9 Å². The molecule has 0 bridgehead atoms. The van der Waals surface area contributed by atoms with Crippen molar-refractivity contribution in [3.05, 3.63) is 52.8 Å². The zero-order valence-corrected chi connectivity index (χ0v) is 17.4. The zero-order valence-electron chi connectivity index (χ0n) is 16.6. The highest BCUT2D eigenvalue weighted by molar-refractivity contribution is 7.16. The van der Waals surface area contributed by atoms with Gasteiger partial charge in [-0.15, -0.1) is 11.3 Å². The normalized spacial score (nSPS) is 15.6. The molecular weight excluding hydrogens is 398 g/mol. The van der Waals surface area contributed by atoms with Crippen LogP contribution in [0.5, 0.6) is 0 Å². The molecule has 1 aliphatic heterocycles. The van der Waals surface area contributed by atoms with E-state index < -0.39 is 0 Å². The molecule has 9 heteroatoms. The molecule has 0 radical (unpaired) electrons. The largest absolute Gasteiger partial charge is 0.448 e. The summed E-state index contributed by atoms with van der Waals surface area (Å²) in [5.74, 6) is 3.20. The molecule has 1 fully saturated rings. The quantitative estimate of drug-likeness (QED) is 0.495. The number of aromatic amines is 1. The number of aryl methyl sites for hydroxylation is 1. The molecule has 4 aromatic rings. The van der Waals surface area contributed by atoms with Crippen LogP contribution in [-0.4, -0.2) is 31.7 Å². The summed E-state index contributed by atoms with van der Waals surface area (Å²) in [7, 11) is 0. The molecule has 1 saturated carbocycles. The first-order valence-electron chi connectivity index (χ1n) is 10.2. The van der Waals surface area contributed by atoms with Crippen molar-refractivity contribution in [2.45, 2.75) is 38.6 Å². The number of anilines is 3. The van der Waals surface area contributed by atoms with Gasteiger partial charge in [0.05, 0.1) is 29.7 Å². The van der Waals surface area contributed by atoms with Gasteiger partial charge in [0.15, 0.2) is 11.0 Å². The van der Waals surface area contributed by atoms with E-state index in [1.54, 1.807) is 17.6 Å². The van der Waals surface area contributed by atoms with Crippen LogP contribution in [0.2, 0.25) is 0 Å². The lowest BCUT2D eigenvalue weighted by atomic mass is 10.2. The van der Waals surface area contributed by atoms with Crippen LogP contribution in [-0.2, 0) is 13.0 Å². The average molecular weight is 420 g/mol. The third-order valence-electron chi connectivity index (χ3n) is 5.47. The molecule has 6 rings (SSSR count). The van der Waals surface area contributed by atoms with Crippen molar-refractivity contribution in [2.75, 3.05) is 16.8 Å². The number of thiazole rings is 1. The van der Waals surface area contributed by atoms with Crippen molar-refractivity contribution in [3.63, 3.8) is 0 Å². The van der Waals surface area contributed by atoms with Gasteiger partial charge >= 0.3 is 0 Å². The molecule has 30 heavy (non-hydrogen) atoms. The molecule has 8 nitrogen and oxygen atoms in total. The van der Waals surface area contributed by atoms with E-state index in [1.807, 2.05) is 31.3 Å². The minimum Gasteiger partial charge on any atom is -0.448 e. The molecule has 0 aromatic carbocycles. The van der Waals surface area contributed by atoms with E-state index >= 15 is 0 Å². The van der Waals surface area contributed by atoms with Crippen LogP contribution in [0.15, 0.2) is 35.1 Å². The molecule has 1 aliphatic carbocycles. The van der Waals surface area contributed by atoms with Crippen molar-refractivity contribution < 1.29 is 4.42 Å². The van der Waals surface area contributed by atoms with Gasteiger partial charge < -0.3 is 14.6 Å². The van der Waals surface area contributed by atoms with Crippen LogP contribution >= 0.6 is 11.3 Å². The number of nitrogens with zero attached hydrogens (tertiary/aromatic N) is 5. The lowest BCUT2D eigenvalue weighted by Crippen LogP contribution is -2.25. The molecule has 4 aromatic heterocycles. The van der Waals surface area contributed by atoms with Gasteiger partial charge in [-0.2, -0.15) is 5.10 Å². The maximum atomic E-state index is 5.67. The standard InChI is InChI=1S/C21H21N7OS/c1-12-3-2-4-17(23-12)25-21-26-18-15-9-22-27-19(15)28(8-7-16(18)30-21)10-14-11-29-20(24-14)13-5-6-13/h2-4,9,11,13H,5-8,10H2,1H3,(H,22,27)(H,23,25,26). The molecule has 0 unspecified atom stereocenters. The maximum absolute atomic E-state index is 5.67. The number of H-pyrrole nitrogens is 1. The number of oxazole rings is 1. The van der Waals surface area contributed by atoms with Crippen LogP contribution in [0.4, 0.5) is 16.8 Å². The number of hydrogen-bond donors (Lipinski definition) is 2. The smallest absolute Gasteiger partial charge is 0.197 e. The number of aromatic nitrogens is 5. The molecule has 152 valence electrons. The number of hydrogen-bond acceptors (Lipinski definition) is 8. The van der Waals surface area contributed by atoms with Crippen molar-refractivity contribution >= 4 is 28.1 Å². The van der Waals surface area contributed by atoms with Gasteiger partial charge in [-0.25, -0.2) is 15.0 Å². The second kappa shape index (κ2) is 6.94. The first kappa shape index (κ1) is 17.6. The predicted octanol–water partition coefficient (Wildman–Crippen LogP) is 4.41. The summed E-state index contributed by atoms with van der Waals surface area (Å²) in [6.07, 6.45) is 6.94. The van der Waals surface area contributed by atoms with Crippen LogP contribution in [0.25, 0.3) is 11.3 Å². The summed E-state index contributed by atoms with van der Waals surface area (Å²) in [5, 5.41) is 11.7. The summed E-state index contributed by atoms with van der Waals surface area (Å²) in [4.78, 5) is 17.6. The van der Waals surface area contributed by atoms with Gasteiger partial charge in [0.2, 0.25) is 0 Å². The fourth-order valence-electron chi connectivity index (χ4n) is 3.82. The monoisotopic (exact) mass is 419 g/mol. The molecule has 5 heterocycles. The highest BCUT2D eigenvalue weighted by Crippen LogP contribution is 2.41. The summed E-state index contributed by atoms with van der Waals surface area (Å²) in [6.45, 7) is 3.54. The number of fused-ring (bicyclic) bond motifs is 3. The summed E-state index contributed by atoms with van der Waals surface area (Å²) in [5.41, 5.74) is 3.95. The molecule has 0 atom stereocenters. The SMILES string of the molecule is Cc1cccc(Nc2nc3c(s2)CCN(Cc2coc(C4CC4)n2)c2[nH]ncc2-3)n1. The lowest BCUT2D eigenvalue weighted by Gasteiger charge is -2.20. The van der Waals surface area contributed by atoms with E-state index in [0.717, 1.165) is 58.3 Å². The Morgan fingerprint density at radius 2 is 2.20 bits per heavy atom. The maximum Gasteiger partial charge on any atom is 0.197 e. The molecule has 0 amide bonds. The third-order valence-corrected chi connectivity index (χ3v) is 6.50.